The lowest BCUT2D eigenvalue weighted by molar-refractivity contribution is -0.132. The molecule has 0 unspecified atom stereocenters. The predicted octanol–water partition coefficient (Wildman–Crippen LogP) is 2.04. The molecule has 2 N–H and O–H groups in total. The van der Waals surface area contributed by atoms with E-state index in [0.717, 1.165) is 59.5 Å². The molecule has 140 valence electrons. The van der Waals surface area contributed by atoms with Crippen molar-refractivity contribution in [2.75, 3.05) is 33.2 Å². The van der Waals surface area contributed by atoms with E-state index < -0.39 is 0 Å². The SMILES string of the molecule is CN1CCN(C(=O)Cc2c[nH]c3ncc(-c4ccc(CO)cc4)cc23)CC1. The van der Waals surface area contributed by atoms with Crippen LogP contribution < -0.4 is 0 Å². The van der Waals surface area contributed by atoms with Gasteiger partial charge in [0.2, 0.25) is 5.91 Å². The molecule has 4 rings (SSSR count). The molecule has 3 aromatic rings. The van der Waals surface area contributed by atoms with Gasteiger partial charge in [0.05, 0.1) is 13.0 Å². The standard InChI is InChI=1S/C21H24N4O2/c1-24-6-8-25(9-7-24)20(27)11-18-13-23-21-19(18)10-17(12-22-21)16-4-2-15(14-26)3-5-16/h2-5,10,12-13,26H,6-9,11,14H2,1H3,(H,22,23). The number of aliphatic hydroxyl groups excluding tert-OH is 1. The van der Waals surface area contributed by atoms with Crippen molar-refractivity contribution in [3.63, 3.8) is 0 Å². The molecule has 1 aliphatic heterocycles. The minimum Gasteiger partial charge on any atom is -0.392 e. The van der Waals surface area contributed by atoms with Crippen LogP contribution in [0.4, 0.5) is 0 Å². The fourth-order valence-corrected chi connectivity index (χ4v) is 3.50. The maximum atomic E-state index is 12.7. The van der Waals surface area contributed by atoms with E-state index in [9.17, 15) is 9.90 Å². The highest BCUT2D eigenvalue weighted by Gasteiger charge is 2.20. The van der Waals surface area contributed by atoms with E-state index in [-0.39, 0.29) is 12.5 Å². The number of amides is 1. The van der Waals surface area contributed by atoms with Crippen LogP contribution in [0.1, 0.15) is 11.1 Å². The van der Waals surface area contributed by atoms with E-state index in [4.69, 9.17) is 0 Å². The van der Waals surface area contributed by atoms with Crippen LogP contribution in [0.15, 0.2) is 42.7 Å². The van der Waals surface area contributed by atoms with Crippen molar-refractivity contribution in [1.29, 1.82) is 0 Å². The summed E-state index contributed by atoms with van der Waals surface area (Å²) >= 11 is 0. The molecule has 1 saturated heterocycles. The number of piperazine rings is 1. The van der Waals surface area contributed by atoms with Crippen molar-refractivity contribution in [3.8, 4) is 11.1 Å². The van der Waals surface area contributed by atoms with Crippen LogP contribution in [0.5, 0.6) is 0 Å². The quantitative estimate of drug-likeness (QED) is 0.743. The molecule has 0 atom stereocenters. The third-order valence-corrected chi connectivity index (χ3v) is 5.28. The van der Waals surface area contributed by atoms with Gasteiger partial charge in [0.1, 0.15) is 5.65 Å². The number of nitrogens with one attached hydrogen (secondary N) is 1. The van der Waals surface area contributed by atoms with Gasteiger partial charge in [-0.15, -0.1) is 0 Å². The summed E-state index contributed by atoms with van der Waals surface area (Å²) in [6, 6.07) is 9.87. The van der Waals surface area contributed by atoms with Crippen LogP contribution in [0.3, 0.4) is 0 Å². The van der Waals surface area contributed by atoms with Crippen LogP contribution in [0, 0.1) is 0 Å². The molecular formula is C21H24N4O2. The molecule has 1 aromatic carbocycles. The lowest BCUT2D eigenvalue weighted by atomic mass is 10.0. The van der Waals surface area contributed by atoms with Crippen LogP contribution in [-0.2, 0) is 17.8 Å². The Labute approximate surface area is 158 Å². The Morgan fingerprint density at radius 1 is 1.15 bits per heavy atom. The number of H-pyrrole nitrogens is 1. The Hall–Kier alpha value is -2.70. The number of likely N-dealkylation sites (N-methyl/N-ethyl adjacent to an activating group) is 1. The minimum absolute atomic E-state index is 0.0356. The Balaban J connectivity index is 1.57. The van der Waals surface area contributed by atoms with Crippen LogP contribution >= 0.6 is 0 Å². The third kappa shape index (κ3) is 3.72. The molecule has 6 nitrogen and oxygen atoms in total. The summed E-state index contributed by atoms with van der Waals surface area (Å²) in [6.45, 7) is 3.47. The van der Waals surface area contributed by atoms with Crippen molar-refractivity contribution in [2.45, 2.75) is 13.0 Å². The highest BCUT2D eigenvalue weighted by atomic mass is 16.3. The molecule has 1 aliphatic rings. The van der Waals surface area contributed by atoms with Gasteiger partial charge in [-0.05, 0) is 29.8 Å². The average molecular weight is 364 g/mol. The summed E-state index contributed by atoms with van der Waals surface area (Å²) in [5, 5.41) is 10.2. The monoisotopic (exact) mass is 364 g/mol. The summed E-state index contributed by atoms with van der Waals surface area (Å²) in [4.78, 5) is 24.6. The van der Waals surface area contributed by atoms with E-state index in [1.54, 1.807) is 0 Å². The van der Waals surface area contributed by atoms with Gasteiger partial charge in [-0.2, -0.15) is 0 Å². The molecule has 1 fully saturated rings. The van der Waals surface area contributed by atoms with Crippen LogP contribution in [0.2, 0.25) is 0 Å². The number of fused-ring (bicyclic) bond motifs is 1. The van der Waals surface area contributed by atoms with Crippen LogP contribution in [-0.4, -0.2) is 64.0 Å². The fourth-order valence-electron chi connectivity index (χ4n) is 3.50. The third-order valence-electron chi connectivity index (χ3n) is 5.28. The van der Waals surface area contributed by atoms with Gasteiger partial charge in [-0.1, -0.05) is 24.3 Å². The zero-order chi connectivity index (χ0) is 18.8. The molecule has 27 heavy (non-hydrogen) atoms. The number of hydrogen-bond donors (Lipinski definition) is 2. The van der Waals surface area contributed by atoms with Crippen molar-refractivity contribution in [1.82, 2.24) is 19.8 Å². The number of aromatic amines is 1. The van der Waals surface area contributed by atoms with Gasteiger partial charge in [-0.25, -0.2) is 4.98 Å². The Morgan fingerprint density at radius 2 is 1.89 bits per heavy atom. The van der Waals surface area contributed by atoms with Gasteiger partial charge >= 0.3 is 0 Å². The molecule has 3 heterocycles. The molecule has 0 radical (unpaired) electrons. The van der Waals surface area contributed by atoms with Crippen molar-refractivity contribution >= 4 is 16.9 Å². The van der Waals surface area contributed by atoms with Crippen LogP contribution in [0.25, 0.3) is 22.2 Å². The summed E-state index contributed by atoms with van der Waals surface area (Å²) in [5.41, 5.74) is 4.70. The summed E-state index contributed by atoms with van der Waals surface area (Å²) in [6.07, 6.45) is 4.11. The topological polar surface area (TPSA) is 72.5 Å². The van der Waals surface area contributed by atoms with Gasteiger partial charge in [0.15, 0.2) is 0 Å². The maximum absolute atomic E-state index is 12.7. The average Bonchev–Trinajstić information content (AvgIpc) is 3.10. The van der Waals surface area contributed by atoms with Gasteiger partial charge in [0, 0.05) is 49.5 Å². The van der Waals surface area contributed by atoms with Crippen molar-refractivity contribution in [3.05, 3.63) is 53.9 Å². The molecule has 0 bridgehead atoms. The number of hydrogen-bond acceptors (Lipinski definition) is 4. The van der Waals surface area contributed by atoms with Crippen molar-refractivity contribution in [2.24, 2.45) is 0 Å². The number of rotatable bonds is 4. The normalized spacial score (nSPS) is 15.4. The highest BCUT2D eigenvalue weighted by Crippen LogP contribution is 2.25. The molecule has 2 aromatic heterocycles. The lowest BCUT2D eigenvalue weighted by Gasteiger charge is -2.32. The number of nitrogens with zero attached hydrogens (tertiary/aromatic N) is 3. The predicted molar refractivity (Wildman–Crippen MR) is 105 cm³/mol. The Kier molecular flexibility index (Phi) is 4.92. The molecule has 6 heteroatoms. The first-order valence-corrected chi connectivity index (χ1v) is 9.26. The van der Waals surface area contributed by atoms with Gasteiger partial charge in [0.25, 0.3) is 0 Å². The number of carbonyl (C=O) groups is 1. The smallest absolute Gasteiger partial charge is 0.227 e. The molecule has 0 aliphatic carbocycles. The minimum atomic E-state index is 0.0356. The molecule has 1 amide bonds. The Bertz CT molecular complexity index is 940. The molecule has 0 spiro atoms. The first kappa shape index (κ1) is 17.7. The number of aromatic nitrogens is 2. The molecular weight excluding hydrogens is 340 g/mol. The maximum Gasteiger partial charge on any atom is 0.227 e. The summed E-state index contributed by atoms with van der Waals surface area (Å²) < 4.78 is 0. The van der Waals surface area contributed by atoms with Crippen molar-refractivity contribution < 1.29 is 9.90 Å². The number of benzene rings is 1. The fraction of sp³-hybridized carbons (Fsp3) is 0.333. The second-order valence-corrected chi connectivity index (χ2v) is 7.15. The summed E-state index contributed by atoms with van der Waals surface area (Å²) in [5.74, 6) is 0.168. The largest absolute Gasteiger partial charge is 0.392 e. The highest BCUT2D eigenvalue weighted by molar-refractivity contribution is 5.89. The lowest BCUT2D eigenvalue weighted by Crippen LogP contribution is -2.47. The number of aliphatic hydroxyl groups is 1. The number of carbonyl (C=O) groups excluding carboxylic acids is 1. The van der Waals surface area contributed by atoms with E-state index >= 15 is 0 Å². The van der Waals surface area contributed by atoms with E-state index in [1.807, 2.05) is 41.6 Å². The first-order valence-electron chi connectivity index (χ1n) is 9.26. The van der Waals surface area contributed by atoms with Gasteiger partial charge in [-0.3, -0.25) is 4.79 Å². The Morgan fingerprint density at radius 3 is 2.59 bits per heavy atom. The first-order chi connectivity index (χ1) is 13.1. The summed E-state index contributed by atoms with van der Waals surface area (Å²) in [7, 11) is 2.09. The zero-order valence-corrected chi connectivity index (χ0v) is 15.5. The second-order valence-electron chi connectivity index (χ2n) is 7.15. The second kappa shape index (κ2) is 7.50. The van der Waals surface area contributed by atoms with E-state index in [1.165, 1.54) is 0 Å². The van der Waals surface area contributed by atoms with E-state index in [0.29, 0.717) is 6.42 Å². The zero-order valence-electron chi connectivity index (χ0n) is 15.5. The van der Waals surface area contributed by atoms with E-state index in [2.05, 4.69) is 28.0 Å². The molecule has 0 saturated carbocycles. The number of pyridine rings is 1. The van der Waals surface area contributed by atoms with Gasteiger partial charge < -0.3 is 19.9 Å².